The Hall–Kier alpha value is -0.610. The molecule has 17 heavy (non-hydrogen) atoms. The fourth-order valence-corrected chi connectivity index (χ4v) is 2.34. The zero-order chi connectivity index (χ0) is 12.7. The van der Waals surface area contributed by atoms with E-state index in [2.05, 4.69) is 5.32 Å². The largest absolute Gasteiger partial charge is 0.396 e. The third-order valence-corrected chi connectivity index (χ3v) is 3.75. The van der Waals surface area contributed by atoms with Crippen molar-refractivity contribution in [1.29, 1.82) is 0 Å². The van der Waals surface area contributed by atoms with E-state index >= 15 is 0 Å². The highest BCUT2D eigenvalue weighted by Gasteiger charge is 2.43. The molecule has 1 rings (SSSR count). The van der Waals surface area contributed by atoms with E-state index in [0.29, 0.717) is 6.61 Å². The Morgan fingerprint density at radius 2 is 2.24 bits per heavy atom. The van der Waals surface area contributed by atoms with Crippen molar-refractivity contribution in [3.8, 4) is 0 Å². The van der Waals surface area contributed by atoms with Crippen LogP contribution in [0.25, 0.3) is 0 Å². The first-order valence-corrected chi connectivity index (χ1v) is 6.55. The van der Waals surface area contributed by atoms with Gasteiger partial charge in [0.15, 0.2) is 0 Å². The van der Waals surface area contributed by atoms with Gasteiger partial charge in [-0.1, -0.05) is 6.42 Å². The number of carbonyl (C=O) groups is 1. The normalized spacial score (nSPS) is 19.5. The molecule has 0 radical (unpaired) electrons. The summed E-state index contributed by atoms with van der Waals surface area (Å²) in [7, 11) is 1.67. The first-order chi connectivity index (χ1) is 8.14. The molecule has 0 spiro atoms. The van der Waals surface area contributed by atoms with E-state index in [1.54, 1.807) is 7.11 Å². The van der Waals surface area contributed by atoms with Gasteiger partial charge in [-0.3, -0.25) is 4.79 Å². The minimum Gasteiger partial charge on any atom is -0.396 e. The molecule has 4 nitrogen and oxygen atoms in total. The second-order valence-electron chi connectivity index (χ2n) is 5.12. The summed E-state index contributed by atoms with van der Waals surface area (Å²) < 4.78 is 5.08. The SMILES string of the molecule is COCCC1(C(=O)NC(C)CCCO)CCC1. The number of carbonyl (C=O) groups excluding carboxylic acids is 1. The molecule has 1 saturated carbocycles. The van der Waals surface area contributed by atoms with E-state index in [1.165, 1.54) is 0 Å². The quantitative estimate of drug-likeness (QED) is 0.678. The van der Waals surface area contributed by atoms with Gasteiger partial charge in [0, 0.05) is 26.4 Å². The molecule has 1 amide bonds. The minimum absolute atomic E-state index is 0.148. The Bertz CT molecular complexity index is 239. The van der Waals surface area contributed by atoms with Gasteiger partial charge < -0.3 is 15.2 Å². The lowest BCUT2D eigenvalue weighted by Crippen LogP contribution is -2.49. The second-order valence-corrected chi connectivity index (χ2v) is 5.12. The molecule has 1 unspecified atom stereocenters. The molecular weight excluding hydrogens is 218 g/mol. The second kappa shape index (κ2) is 6.97. The molecule has 100 valence electrons. The van der Waals surface area contributed by atoms with Crippen LogP contribution < -0.4 is 5.32 Å². The predicted octanol–water partition coefficient (Wildman–Crippen LogP) is 1.47. The summed E-state index contributed by atoms with van der Waals surface area (Å²) in [5.74, 6) is 0.172. The third-order valence-electron chi connectivity index (χ3n) is 3.75. The Kier molecular flexibility index (Phi) is 5.92. The molecule has 4 heteroatoms. The van der Waals surface area contributed by atoms with Crippen LogP contribution in [0.15, 0.2) is 0 Å². The molecular formula is C13H25NO3. The van der Waals surface area contributed by atoms with Crippen LogP contribution >= 0.6 is 0 Å². The van der Waals surface area contributed by atoms with Crippen molar-refractivity contribution >= 4 is 5.91 Å². The van der Waals surface area contributed by atoms with Gasteiger partial charge >= 0.3 is 0 Å². The smallest absolute Gasteiger partial charge is 0.226 e. The van der Waals surface area contributed by atoms with Crippen LogP contribution in [0.2, 0.25) is 0 Å². The maximum Gasteiger partial charge on any atom is 0.226 e. The lowest BCUT2D eigenvalue weighted by atomic mass is 9.66. The Morgan fingerprint density at radius 1 is 1.53 bits per heavy atom. The molecule has 0 aromatic rings. The van der Waals surface area contributed by atoms with Crippen molar-refractivity contribution in [3.05, 3.63) is 0 Å². The molecule has 1 aliphatic carbocycles. The number of nitrogens with one attached hydrogen (secondary N) is 1. The van der Waals surface area contributed by atoms with E-state index in [9.17, 15) is 4.79 Å². The predicted molar refractivity (Wildman–Crippen MR) is 66.7 cm³/mol. The summed E-state index contributed by atoms with van der Waals surface area (Å²) in [6.07, 6.45) is 5.50. The van der Waals surface area contributed by atoms with Crippen LogP contribution in [0.4, 0.5) is 0 Å². The van der Waals surface area contributed by atoms with Crippen molar-refractivity contribution < 1.29 is 14.6 Å². The molecule has 0 saturated heterocycles. The van der Waals surface area contributed by atoms with Gasteiger partial charge in [-0.25, -0.2) is 0 Å². The number of amides is 1. The summed E-state index contributed by atoms with van der Waals surface area (Å²) in [5, 5.41) is 11.8. The lowest BCUT2D eigenvalue weighted by molar-refractivity contribution is -0.138. The highest BCUT2D eigenvalue weighted by molar-refractivity contribution is 5.83. The standard InChI is InChI=1S/C13H25NO3/c1-11(5-3-9-15)14-12(16)13(6-4-7-13)8-10-17-2/h11,15H,3-10H2,1-2H3,(H,14,16). The van der Waals surface area contributed by atoms with Gasteiger partial charge in [-0.2, -0.15) is 0 Å². The molecule has 0 heterocycles. The minimum atomic E-state index is -0.177. The van der Waals surface area contributed by atoms with Gasteiger partial charge in [0.2, 0.25) is 5.91 Å². The Balaban J connectivity index is 2.38. The molecule has 0 bridgehead atoms. The van der Waals surface area contributed by atoms with Gasteiger partial charge in [0.25, 0.3) is 0 Å². The van der Waals surface area contributed by atoms with Crippen molar-refractivity contribution in [2.24, 2.45) is 5.41 Å². The molecule has 0 aromatic heterocycles. The van der Waals surface area contributed by atoms with Gasteiger partial charge in [-0.15, -0.1) is 0 Å². The van der Waals surface area contributed by atoms with E-state index in [1.807, 2.05) is 6.92 Å². The molecule has 0 aliphatic heterocycles. The van der Waals surface area contributed by atoms with Crippen molar-refractivity contribution in [1.82, 2.24) is 5.32 Å². The highest BCUT2D eigenvalue weighted by atomic mass is 16.5. The summed E-state index contributed by atoms with van der Waals surface area (Å²) in [6.45, 7) is 2.84. The Morgan fingerprint density at radius 3 is 2.71 bits per heavy atom. The third kappa shape index (κ3) is 3.96. The summed E-state index contributed by atoms with van der Waals surface area (Å²) in [5.41, 5.74) is -0.177. The topological polar surface area (TPSA) is 58.6 Å². The lowest BCUT2D eigenvalue weighted by Gasteiger charge is -2.41. The number of rotatable bonds is 8. The first kappa shape index (κ1) is 14.5. The van der Waals surface area contributed by atoms with Crippen LogP contribution in [-0.2, 0) is 9.53 Å². The number of aliphatic hydroxyl groups excluding tert-OH is 1. The number of ether oxygens (including phenoxy) is 1. The molecule has 0 aromatic carbocycles. The first-order valence-electron chi connectivity index (χ1n) is 6.55. The van der Waals surface area contributed by atoms with Crippen LogP contribution in [0.3, 0.4) is 0 Å². The van der Waals surface area contributed by atoms with Crippen molar-refractivity contribution in [3.63, 3.8) is 0 Å². The molecule has 1 aliphatic rings. The molecule has 1 atom stereocenters. The van der Waals surface area contributed by atoms with Gasteiger partial charge in [0.05, 0.1) is 5.41 Å². The summed E-state index contributed by atoms with van der Waals surface area (Å²) >= 11 is 0. The van der Waals surface area contributed by atoms with Gasteiger partial charge in [0.1, 0.15) is 0 Å². The fourth-order valence-electron chi connectivity index (χ4n) is 2.34. The zero-order valence-electron chi connectivity index (χ0n) is 11.0. The average Bonchev–Trinajstić information content (AvgIpc) is 2.25. The number of hydrogen-bond acceptors (Lipinski definition) is 3. The average molecular weight is 243 g/mol. The van der Waals surface area contributed by atoms with Crippen LogP contribution in [-0.4, -0.2) is 37.4 Å². The van der Waals surface area contributed by atoms with Crippen LogP contribution in [0, 0.1) is 5.41 Å². The van der Waals surface area contributed by atoms with Crippen molar-refractivity contribution in [2.75, 3.05) is 20.3 Å². The highest BCUT2D eigenvalue weighted by Crippen LogP contribution is 2.44. The van der Waals surface area contributed by atoms with Crippen LogP contribution in [0.5, 0.6) is 0 Å². The van der Waals surface area contributed by atoms with E-state index < -0.39 is 0 Å². The van der Waals surface area contributed by atoms with Gasteiger partial charge in [-0.05, 0) is 39.0 Å². The molecule has 1 fully saturated rings. The number of hydrogen-bond donors (Lipinski definition) is 2. The number of methoxy groups -OCH3 is 1. The summed E-state index contributed by atoms with van der Waals surface area (Å²) in [6, 6.07) is 0.148. The zero-order valence-corrected chi connectivity index (χ0v) is 11.0. The fraction of sp³-hybridized carbons (Fsp3) is 0.923. The van der Waals surface area contributed by atoms with Crippen molar-refractivity contribution in [2.45, 2.75) is 51.5 Å². The molecule has 2 N–H and O–H groups in total. The van der Waals surface area contributed by atoms with E-state index in [-0.39, 0.29) is 24.0 Å². The summed E-state index contributed by atoms with van der Waals surface area (Å²) in [4.78, 5) is 12.2. The van der Waals surface area contributed by atoms with E-state index in [0.717, 1.165) is 38.5 Å². The maximum absolute atomic E-state index is 12.2. The van der Waals surface area contributed by atoms with E-state index in [4.69, 9.17) is 9.84 Å². The Labute approximate surface area is 104 Å². The number of aliphatic hydroxyl groups is 1. The van der Waals surface area contributed by atoms with Crippen LogP contribution in [0.1, 0.15) is 45.4 Å². The monoisotopic (exact) mass is 243 g/mol. The maximum atomic E-state index is 12.2.